The summed E-state index contributed by atoms with van der Waals surface area (Å²) in [6.07, 6.45) is -0.338. The van der Waals surface area contributed by atoms with Crippen LogP contribution in [0.3, 0.4) is 0 Å². The van der Waals surface area contributed by atoms with Crippen LogP contribution in [0.4, 0.5) is 4.79 Å². The molecule has 0 radical (unpaired) electrons. The van der Waals surface area contributed by atoms with Crippen molar-refractivity contribution in [1.29, 1.82) is 0 Å². The number of nitrogens with one attached hydrogen (secondary N) is 1. The number of amides is 1. The van der Waals surface area contributed by atoms with E-state index in [9.17, 15) is 9.59 Å². The lowest BCUT2D eigenvalue weighted by Gasteiger charge is -2.24. The molecule has 0 aliphatic carbocycles. The molecule has 0 fully saturated rings. The number of hydrogen-bond acceptors (Lipinski definition) is 3. The average Bonchev–Trinajstić information content (AvgIpc) is 2.25. The molecule has 0 saturated carbocycles. The Morgan fingerprint density at radius 2 is 2.00 bits per heavy atom. The molecular formula is C12H15NO4. The molecule has 0 saturated heterocycles. The van der Waals surface area contributed by atoms with Crippen molar-refractivity contribution in [2.45, 2.75) is 19.4 Å². The van der Waals surface area contributed by atoms with Gasteiger partial charge in [-0.1, -0.05) is 0 Å². The standard InChI is InChI=1S/C12H15NO4/c1-12(2,13-11(15)16)8-17-10-5-3-9(7-14)4-6-10/h3-7,13H,8H2,1-2H3,(H,15,16). The van der Waals surface area contributed by atoms with E-state index in [4.69, 9.17) is 9.84 Å². The fourth-order valence-corrected chi connectivity index (χ4v) is 1.23. The fraction of sp³-hybridized carbons (Fsp3) is 0.333. The van der Waals surface area contributed by atoms with Gasteiger partial charge in [0.25, 0.3) is 0 Å². The number of carbonyl (C=O) groups excluding carboxylic acids is 1. The van der Waals surface area contributed by atoms with Crippen LogP contribution in [0.25, 0.3) is 0 Å². The van der Waals surface area contributed by atoms with Crippen molar-refractivity contribution in [1.82, 2.24) is 5.32 Å². The van der Waals surface area contributed by atoms with E-state index in [0.717, 1.165) is 6.29 Å². The first-order valence-corrected chi connectivity index (χ1v) is 5.12. The number of aldehydes is 1. The summed E-state index contributed by atoms with van der Waals surface area (Å²) in [5.41, 5.74) is -0.102. The van der Waals surface area contributed by atoms with E-state index in [-0.39, 0.29) is 6.61 Å². The first kappa shape index (κ1) is 13.0. The van der Waals surface area contributed by atoms with Crippen LogP contribution >= 0.6 is 0 Å². The highest BCUT2D eigenvalue weighted by molar-refractivity contribution is 5.74. The van der Waals surface area contributed by atoms with Crippen LogP contribution in [0.5, 0.6) is 5.75 Å². The molecule has 1 aromatic carbocycles. The van der Waals surface area contributed by atoms with Crippen molar-refractivity contribution >= 4 is 12.4 Å². The van der Waals surface area contributed by atoms with Gasteiger partial charge in [-0.15, -0.1) is 0 Å². The minimum atomic E-state index is -1.09. The van der Waals surface area contributed by atoms with Crippen LogP contribution < -0.4 is 10.1 Å². The van der Waals surface area contributed by atoms with E-state index in [2.05, 4.69) is 5.32 Å². The Morgan fingerprint density at radius 1 is 1.41 bits per heavy atom. The number of benzene rings is 1. The van der Waals surface area contributed by atoms with Crippen LogP contribution in [-0.2, 0) is 0 Å². The maximum Gasteiger partial charge on any atom is 0.405 e. The predicted octanol–water partition coefficient (Wildman–Crippen LogP) is 1.92. The highest BCUT2D eigenvalue weighted by Gasteiger charge is 2.20. The van der Waals surface area contributed by atoms with Crippen LogP contribution in [0.2, 0.25) is 0 Å². The van der Waals surface area contributed by atoms with Gasteiger partial charge in [0.2, 0.25) is 0 Å². The molecule has 5 heteroatoms. The Morgan fingerprint density at radius 3 is 2.47 bits per heavy atom. The normalized spacial score (nSPS) is 10.7. The summed E-state index contributed by atoms with van der Waals surface area (Å²) in [4.78, 5) is 20.9. The SMILES string of the molecule is CC(C)(COc1ccc(C=O)cc1)NC(=O)O. The number of ether oxygens (including phenoxy) is 1. The lowest BCUT2D eigenvalue weighted by atomic mass is 10.1. The lowest BCUT2D eigenvalue weighted by molar-refractivity contribution is 0.112. The summed E-state index contributed by atoms with van der Waals surface area (Å²) in [6, 6.07) is 6.61. The Bertz CT molecular complexity index is 397. The highest BCUT2D eigenvalue weighted by Crippen LogP contribution is 2.13. The second-order valence-electron chi connectivity index (χ2n) is 4.29. The molecule has 1 amide bonds. The van der Waals surface area contributed by atoms with E-state index in [1.165, 1.54) is 0 Å². The number of hydrogen-bond donors (Lipinski definition) is 2. The largest absolute Gasteiger partial charge is 0.491 e. The Labute approximate surface area is 99.4 Å². The predicted molar refractivity (Wildman–Crippen MR) is 62.6 cm³/mol. The first-order valence-electron chi connectivity index (χ1n) is 5.12. The summed E-state index contributed by atoms with van der Waals surface area (Å²) >= 11 is 0. The van der Waals surface area contributed by atoms with Gasteiger partial charge >= 0.3 is 6.09 Å². The van der Waals surface area contributed by atoms with Gasteiger partial charge in [0, 0.05) is 5.56 Å². The molecule has 0 unspecified atom stereocenters. The summed E-state index contributed by atoms with van der Waals surface area (Å²) in [6.45, 7) is 3.65. The van der Waals surface area contributed by atoms with E-state index in [1.807, 2.05) is 0 Å². The van der Waals surface area contributed by atoms with Crippen molar-refractivity contribution in [2.24, 2.45) is 0 Å². The molecule has 2 N–H and O–H groups in total. The average molecular weight is 237 g/mol. The van der Waals surface area contributed by atoms with E-state index in [1.54, 1.807) is 38.1 Å². The van der Waals surface area contributed by atoms with Gasteiger partial charge in [-0.25, -0.2) is 4.79 Å². The molecule has 0 spiro atoms. The number of carbonyl (C=O) groups is 2. The molecule has 92 valence electrons. The van der Waals surface area contributed by atoms with Gasteiger partial charge in [0.05, 0.1) is 5.54 Å². The zero-order chi connectivity index (χ0) is 12.9. The van der Waals surface area contributed by atoms with Gasteiger partial charge in [0.15, 0.2) is 0 Å². The quantitative estimate of drug-likeness (QED) is 0.767. The van der Waals surface area contributed by atoms with Gasteiger partial charge in [-0.05, 0) is 38.1 Å². The Kier molecular flexibility index (Phi) is 4.09. The van der Waals surface area contributed by atoms with Crippen LogP contribution in [0, 0.1) is 0 Å². The fourth-order valence-electron chi connectivity index (χ4n) is 1.23. The van der Waals surface area contributed by atoms with Crippen molar-refractivity contribution in [3.63, 3.8) is 0 Å². The molecule has 0 aromatic heterocycles. The molecular weight excluding hydrogens is 222 g/mol. The Hall–Kier alpha value is -2.04. The molecule has 0 heterocycles. The van der Waals surface area contributed by atoms with Crippen molar-refractivity contribution in [3.8, 4) is 5.75 Å². The monoisotopic (exact) mass is 237 g/mol. The van der Waals surface area contributed by atoms with Crippen LogP contribution in [0.1, 0.15) is 24.2 Å². The maximum atomic E-state index is 10.5. The molecule has 5 nitrogen and oxygen atoms in total. The summed E-state index contributed by atoms with van der Waals surface area (Å²) in [5.74, 6) is 0.593. The van der Waals surface area contributed by atoms with Gasteiger partial charge < -0.3 is 15.2 Å². The second-order valence-corrected chi connectivity index (χ2v) is 4.29. The van der Waals surface area contributed by atoms with Gasteiger partial charge in [-0.3, -0.25) is 4.79 Å². The highest BCUT2D eigenvalue weighted by atomic mass is 16.5. The third kappa shape index (κ3) is 4.55. The zero-order valence-corrected chi connectivity index (χ0v) is 9.77. The van der Waals surface area contributed by atoms with Crippen LogP contribution in [-0.4, -0.2) is 29.6 Å². The topological polar surface area (TPSA) is 75.6 Å². The van der Waals surface area contributed by atoms with Crippen molar-refractivity contribution in [2.75, 3.05) is 6.61 Å². The maximum absolute atomic E-state index is 10.5. The molecule has 0 bridgehead atoms. The summed E-state index contributed by atoms with van der Waals surface area (Å²) < 4.78 is 5.43. The Balaban J connectivity index is 2.54. The number of rotatable bonds is 5. The molecule has 17 heavy (non-hydrogen) atoms. The third-order valence-corrected chi connectivity index (χ3v) is 2.06. The van der Waals surface area contributed by atoms with Gasteiger partial charge in [-0.2, -0.15) is 0 Å². The van der Waals surface area contributed by atoms with Crippen molar-refractivity contribution in [3.05, 3.63) is 29.8 Å². The second kappa shape index (κ2) is 5.34. The van der Waals surface area contributed by atoms with Crippen LogP contribution in [0.15, 0.2) is 24.3 Å². The molecule has 1 rings (SSSR count). The van der Waals surface area contributed by atoms with Gasteiger partial charge in [0.1, 0.15) is 18.6 Å². The van der Waals surface area contributed by atoms with E-state index in [0.29, 0.717) is 11.3 Å². The third-order valence-electron chi connectivity index (χ3n) is 2.06. The molecule has 1 aromatic rings. The smallest absolute Gasteiger partial charge is 0.405 e. The van der Waals surface area contributed by atoms with E-state index >= 15 is 0 Å². The minimum absolute atomic E-state index is 0.208. The summed E-state index contributed by atoms with van der Waals surface area (Å²) in [7, 11) is 0. The number of carboxylic acid groups (broad SMARTS) is 1. The molecule has 0 atom stereocenters. The lowest BCUT2D eigenvalue weighted by Crippen LogP contribution is -2.47. The zero-order valence-electron chi connectivity index (χ0n) is 9.77. The molecule has 0 aliphatic heterocycles. The van der Waals surface area contributed by atoms with E-state index < -0.39 is 11.6 Å². The first-order chi connectivity index (χ1) is 7.93. The van der Waals surface area contributed by atoms with Crippen molar-refractivity contribution < 1.29 is 19.4 Å². The summed E-state index contributed by atoms with van der Waals surface area (Å²) in [5, 5.41) is 11.0. The molecule has 0 aliphatic rings. The minimum Gasteiger partial charge on any atom is -0.491 e.